The van der Waals surface area contributed by atoms with Crippen LogP contribution in [0.5, 0.6) is 5.75 Å². The van der Waals surface area contributed by atoms with Gasteiger partial charge in [-0.3, -0.25) is 9.59 Å². The van der Waals surface area contributed by atoms with Crippen molar-refractivity contribution in [2.45, 2.75) is 6.18 Å². The van der Waals surface area contributed by atoms with Crippen molar-refractivity contribution in [1.82, 2.24) is 15.3 Å². The second-order valence-electron chi connectivity index (χ2n) is 6.52. The number of pyridine rings is 2. The van der Waals surface area contributed by atoms with E-state index in [1.165, 1.54) is 32.4 Å². The molecule has 0 spiro atoms. The predicted octanol–water partition coefficient (Wildman–Crippen LogP) is 4.00. The Morgan fingerprint density at radius 3 is 2.42 bits per heavy atom. The average Bonchev–Trinajstić information content (AvgIpc) is 2.78. The number of anilines is 3. The minimum atomic E-state index is -4.58. The van der Waals surface area contributed by atoms with Crippen LogP contribution in [0.2, 0.25) is 0 Å². The number of carbonyl (C=O) groups is 2. The highest BCUT2D eigenvalue weighted by Gasteiger charge is 2.30. The summed E-state index contributed by atoms with van der Waals surface area (Å²) in [5.74, 6) is -2.60. The number of ether oxygens (including phenoxy) is 1. The lowest BCUT2D eigenvalue weighted by Crippen LogP contribution is -2.22. The van der Waals surface area contributed by atoms with E-state index >= 15 is 0 Å². The van der Waals surface area contributed by atoms with Crippen molar-refractivity contribution in [3.8, 4) is 5.75 Å². The van der Waals surface area contributed by atoms with Crippen molar-refractivity contribution in [2.24, 2.45) is 0 Å². The molecule has 2 aromatic heterocycles. The van der Waals surface area contributed by atoms with Gasteiger partial charge in [-0.2, -0.15) is 13.2 Å². The van der Waals surface area contributed by atoms with E-state index in [1.54, 1.807) is 0 Å². The maximum atomic E-state index is 14.3. The number of nitrogens with one attached hydrogen (secondary N) is 3. The molecule has 1 aromatic carbocycles. The van der Waals surface area contributed by atoms with Crippen LogP contribution >= 0.6 is 0 Å². The van der Waals surface area contributed by atoms with Crippen molar-refractivity contribution in [1.29, 1.82) is 0 Å². The van der Waals surface area contributed by atoms with E-state index in [1.807, 2.05) is 0 Å². The molecule has 2 heterocycles. The first kappa shape index (κ1) is 23.4. The zero-order valence-corrected chi connectivity index (χ0v) is 17.2. The Hall–Kier alpha value is -4.22. The van der Waals surface area contributed by atoms with Crippen LogP contribution in [0.1, 0.15) is 26.3 Å². The van der Waals surface area contributed by atoms with Gasteiger partial charge in [-0.05, 0) is 24.3 Å². The molecular formula is C21H17F4N5O3. The SMILES string of the molecule is CNC(=O)c1cnc(Nc2cc(C(F)(F)F)ccn2)cc1NC(=O)c1c(F)cccc1OC. The van der Waals surface area contributed by atoms with Crippen LogP contribution < -0.4 is 20.7 Å². The van der Waals surface area contributed by atoms with Crippen molar-refractivity contribution < 1.29 is 31.9 Å². The van der Waals surface area contributed by atoms with Gasteiger partial charge in [-0.25, -0.2) is 14.4 Å². The molecule has 0 saturated carbocycles. The molecule has 0 bridgehead atoms. The third kappa shape index (κ3) is 5.34. The third-order valence-electron chi connectivity index (χ3n) is 4.39. The highest BCUT2D eigenvalue weighted by Crippen LogP contribution is 2.31. The normalized spacial score (nSPS) is 11.0. The van der Waals surface area contributed by atoms with Gasteiger partial charge in [0.25, 0.3) is 11.8 Å². The molecule has 172 valence electrons. The molecule has 3 rings (SSSR count). The number of hydrogen-bond acceptors (Lipinski definition) is 6. The number of aromatic nitrogens is 2. The molecule has 12 heteroatoms. The largest absolute Gasteiger partial charge is 0.496 e. The number of rotatable bonds is 6. The summed E-state index contributed by atoms with van der Waals surface area (Å²) in [6, 6.07) is 6.60. The Labute approximate surface area is 185 Å². The minimum Gasteiger partial charge on any atom is -0.496 e. The topological polar surface area (TPSA) is 105 Å². The number of benzene rings is 1. The molecule has 0 saturated heterocycles. The maximum absolute atomic E-state index is 14.3. The monoisotopic (exact) mass is 463 g/mol. The van der Waals surface area contributed by atoms with E-state index in [2.05, 4.69) is 25.9 Å². The van der Waals surface area contributed by atoms with Crippen LogP contribution in [0.4, 0.5) is 34.9 Å². The second-order valence-corrected chi connectivity index (χ2v) is 6.52. The van der Waals surface area contributed by atoms with E-state index in [9.17, 15) is 27.2 Å². The molecule has 0 unspecified atom stereocenters. The summed E-state index contributed by atoms with van der Waals surface area (Å²) in [7, 11) is 2.62. The van der Waals surface area contributed by atoms with E-state index in [-0.39, 0.29) is 28.6 Å². The van der Waals surface area contributed by atoms with Gasteiger partial charge >= 0.3 is 6.18 Å². The van der Waals surface area contributed by atoms with Crippen molar-refractivity contribution >= 4 is 29.1 Å². The molecule has 0 fully saturated rings. The molecule has 0 aliphatic rings. The Balaban J connectivity index is 1.97. The number of nitrogens with zero attached hydrogens (tertiary/aromatic N) is 2. The summed E-state index contributed by atoms with van der Waals surface area (Å²) >= 11 is 0. The smallest absolute Gasteiger partial charge is 0.416 e. The highest BCUT2D eigenvalue weighted by molar-refractivity contribution is 6.10. The van der Waals surface area contributed by atoms with E-state index in [0.717, 1.165) is 30.6 Å². The van der Waals surface area contributed by atoms with Gasteiger partial charge in [0.05, 0.1) is 23.9 Å². The van der Waals surface area contributed by atoms with Crippen molar-refractivity contribution in [2.75, 3.05) is 24.8 Å². The zero-order chi connectivity index (χ0) is 24.2. The van der Waals surface area contributed by atoms with Crippen LogP contribution in [0.15, 0.2) is 48.8 Å². The van der Waals surface area contributed by atoms with Gasteiger partial charge in [0.1, 0.15) is 28.8 Å². The van der Waals surface area contributed by atoms with Gasteiger partial charge in [0.15, 0.2) is 0 Å². The van der Waals surface area contributed by atoms with E-state index < -0.39 is 34.9 Å². The van der Waals surface area contributed by atoms with Crippen LogP contribution in [-0.2, 0) is 6.18 Å². The summed E-state index contributed by atoms with van der Waals surface area (Å²) in [6.45, 7) is 0. The first-order valence-corrected chi connectivity index (χ1v) is 9.30. The molecule has 2 amide bonds. The molecule has 0 aliphatic heterocycles. The summed E-state index contributed by atoms with van der Waals surface area (Å²) < 4.78 is 58.1. The number of carbonyl (C=O) groups excluding carboxylic acids is 2. The fourth-order valence-corrected chi connectivity index (χ4v) is 2.83. The van der Waals surface area contributed by atoms with Crippen molar-refractivity contribution in [3.05, 3.63) is 71.3 Å². The van der Waals surface area contributed by atoms with Crippen LogP contribution in [0, 0.1) is 5.82 Å². The van der Waals surface area contributed by atoms with Gasteiger partial charge in [0.2, 0.25) is 0 Å². The van der Waals surface area contributed by atoms with Gasteiger partial charge < -0.3 is 20.7 Å². The molecule has 0 atom stereocenters. The Morgan fingerprint density at radius 2 is 1.76 bits per heavy atom. The predicted molar refractivity (Wildman–Crippen MR) is 111 cm³/mol. The van der Waals surface area contributed by atoms with Crippen LogP contribution in [0.25, 0.3) is 0 Å². The average molecular weight is 463 g/mol. The Kier molecular flexibility index (Phi) is 6.75. The zero-order valence-electron chi connectivity index (χ0n) is 17.2. The lowest BCUT2D eigenvalue weighted by molar-refractivity contribution is -0.137. The fourth-order valence-electron chi connectivity index (χ4n) is 2.83. The second kappa shape index (κ2) is 9.51. The summed E-state index contributed by atoms with van der Waals surface area (Å²) in [4.78, 5) is 32.8. The number of halogens is 4. The van der Waals surface area contributed by atoms with Gasteiger partial charge in [-0.15, -0.1) is 0 Å². The Bertz CT molecular complexity index is 1200. The van der Waals surface area contributed by atoms with Gasteiger partial charge in [0, 0.05) is 25.5 Å². The minimum absolute atomic E-state index is 0.0229. The quantitative estimate of drug-likeness (QED) is 0.478. The molecule has 0 radical (unpaired) electrons. The number of amides is 2. The van der Waals surface area contributed by atoms with E-state index in [0.29, 0.717) is 0 Å². The molecule has 8 nitrogen and oxygen atoms in total. The number of alkyl halides is 3. The first-order valence-electron chi connectivity index (χ1n) is 9.30. The fraction of sp³-hybridized carbons (Fsp3) is 0.143. The summed E-state index contributed by atoms with van der Waals surface area (Å²) in [5, 5.41) is 7.38. The summed E-state index contributed by atoms with van der Waals surface area (Å²) in [5.41, 5.74) is -1.46. The third-order valence-corrected chi connectivity index (χ3v) is 4.39. The van der Waals surface area contributed by atoms with Crippen LogP contribution in [0.3, 0.4) is 0 Å². The molecular weight excluding hydrogens is 446 g/mol. The lowest BCUT2D eigenvalue weighted by atomic mass is 10.1. The standard InChI is InChI=1S/C21H17F4N5O3/c1-26-19(31)12-10-28-17(30-16-8-11(6-7-27-16)21(23,24)25)9-14(12)29-20(32)18-13(22)4-3-5-15(18)33-2/h3-10H,1-2H3,(H,26,31)(H2,27,28,29,30,32). The highest BCUT2D eigenvalue weighted by atomic mass is 19.4. The van der Waals surface area contributed by atoms with E-state index in [4.69, 9.17) is 4.74 Å². The molecule has 3 aromatic rings. The molecule has 3 N–H and O–H groups in total. The first-order chi connectivity index (χ1) is 15.6. The van der Waals surface area contributed by atoms with Gasteiger partial charge in [-0.1, -0.05) is 6.07 Å². The summed E-state index contributed by atoms with van der Waals surface area (Å²) in [6.07, 6.45) is -2.51. The van der Waals surface area contributed by atoms with Crippen LogP contribution in [-0.4, -0.2) is 35.9 Å². The maximum Gasteiger partial charge on any atom is 0.416 e. The number of hydrogen-bond donors (Lipinski definition) is 3. The lowest BCUT2D eigenvalue weighted by Gasteiger charge is -2.14. The molecule has 0 aliphatic carbocycles. The van der Waals surface area contributed by atoms with Crippen molar-refractivity contribution in [3.63, 3.8) is 0 Å². The molecule has 33 heavy (non-hydrogen) atoms. The number of methoxy groups -OCH3 is 1. The Morgan fingerprint density at radius 1 is 1.03 bits per heavy atom.